The zero-order valence-electron chi connectivity index (χ0n) is 30.3. The topological polar surface area (TPSA) is 177 Å². The van der Waals surface area contributed by atoms with Gasteiger partial charge in [0, 0.05) is 32.0 Å². The van der Waals surface area contributed by atoms with Gasteiger partial charge in [0.05, 0.1) is 6.61 Å². The molecule has 0 heterocycles. The van der Waals surface area contributed by atoms with Crippen LogP contribution in [0.3, 0.4) is 0 Å². The van der Waals surface area contributed by atoms with Gasteiger partial charge < -0.3 is 36.2 Å². The van der Waals surface area contributed by atoms with E-state index < -0.39 is 6.10 Å². The van der Waals surface area contributed by atoms with Gasteiger partial charge in [-0.25, -0.2) is 4.79 Å². The van der Waals surface area contributed by atoms with E-state index in [1.165, 1.54) is 38.2 Å². The first-order chi connectivity index (χ1) is 23.2. The quantitative estimate of drug-likeness (QED) is 0.135. The lowest BCUT2D eigenvalue weighted by atomic mass is 9.75. The van der Waals surface area contributed by atoms with Crippen molar-refractivity contribution in [3.63, 3.8) is 0 Å². The summed E-state index contributed by atoms with van der Waals surface area (Å²) in [6, 6.07) is 16.6. The number of aliphatic hydroxyl groups is 1. The average molecular weight is 703 g/mol. The molecule has 7 N–H and O–H groups in total. The highest BCUT2D eigenvalue weighted by Gasteiger charge is 2.28. The predicted octanol–water partition coefficient (Wildman–Crippen LogP) is 6.87. The van der Waals surface area contributed by atoms with Gasteiger partial charge in [0.15, 0.2) is 5.78 Å². The molecular weight excluding hydrogens is 636 g/mol. The summed E-state index contributed by atoms with van der Waals surface area (Å²) in [4.78, 5) is 36.1. The Bertz CT molecular complexity index is 1250. The number of hydrogen-bond acceptors (Lipinski definition) is 6. The summed E-state index contributed by atoms with van der Waals surface area (Å²) in [6.45, 7) is 10.3. The van der Waals surface area contributed by atoms with E-state index in [1.807, 2.05) is 32.0 Å². The smallest absolute Gasteiger partial charge is 0.407 e. The van der Waals surface area contributed by atoms with Crippen LogP contribution in [0.5, 0.6) is 5.75 Å². The maximum absolute atomic E-state index is 12.2. The van der Waals surface area contributed by atoms with Crippen molar-refractivity contribution in [2.45, 2.75) is 116 Å². The number of amides is 2. The van der Waals surface area contributed by atoms with Crippen LogP contribution in [0.25, 0.3) is 0 Å². The number of benzene rings is 2. The van der Waals surface area contributed by atoms with Crippen LogP contribution in [-0.4, -0.2) is 65.2 Å². The first-order valence-corrected chi connectivity index (χ1v) is 18.1. The van der Waals surface area contributed by atoms with Gasteiger partial charge in [0.2, 0.25) is 5.91 Å². The van der Waals surface area contributed by atoms with Gasteiger partial charge in [-0.05, 0) is 107 Å². The molecule has 0 radical (unpaired) electrons. The molecule has 0 aromatic heterocycles. The molecule has 2 saturated carbocycles. The summed E-state index contributed by atoms with van der Waals surface area (Å²) in [7, 11) is 0. The summed E-state index contributed by atoms with van der Waals surface area (Å²) in [6.07, 6.45) is 14.0. The molecule has 10 heteroatoms. The summed E-state index contributed by atoms with van der Waals surface area (Å²) in [5.74, 6) is 2.58. The van der Waals surface area contributed by atoms with Crippen LogP contribution in [0.15, 0.2) is 67.3 Å². The zero-order chi connectivity index (χ0) is 34.7. The van der Waals surface area contributed by atoms with E-state index in [1.54, 1.807) is 36.4 Å². The van der Waals surface area contributed by atoms with E-state index in [-0.39, 0.29) is 50.2 Å². The fraction of sp³-hybridized carbons (Fsp3) is 0.575. The van der Waals surface area contributed by atoms with Crippen LogP contribution < -0.4 is 15.4 Å². The lowest BCUT2D eigenvalue weighted by molar-refractivity contribution is -0.125. The number of ketones is 1. The van der Waals surface area contributed by atoms with Crippen LogP contribution in [0, 0.1) is 17.8 Å². The monoisotopic (exact) mass is 702 g/mol. The molecule has 2 amide bonds. The fourth-order valence-electron chi connectivity index (χ4n) is 6.58. The van der Waals surface area contributed by atoms with Crippen molar-refractivity contribution in [2.75, 3.05) is 13.2 Å². The SMILES string of the molecule is C=CC(O)COc1ccc(C(=O)c2ccccc2)cc1.CCCOC(=O)NC1CCC(CC2CCC(NC(=O)C(C)CCC)CC2)CC1.O.O.[HH].[HH]. The minimum Gasteiger partial charge on any atom is -0.491 e. The normalized spacial score (nSPS) is 20.9. The van der Waals surface area contributed by atoms with E-state index in [4.69, 9.17) is 9.47 Å². The zero-order valence-corrected chi connectivity index (χ0v) is 30.3. The van der Waals surface area contributed by atoms with Crippen LogP contribution in [0.4, 0.5) is 4.79 Å². The average Bonchev–Trinajstić information content (AvgIpc) is 3.12. The van der Waals surface area contributed by atoms with Gasteiger partial charge in [-0.3, -0.25) is 9.59 Å². The first-order valence-electron chi connectivity index (χ1n) is 18.1. The second-order valence-corrected chi connectivity index (χ2v) is 13.5. The summed E-state index contributed by atoms with van der Waals surface area (Å²) in [5, 5.41) is 15.6. The van der Waals surface area contributed by atoms with Crippen molar-refractivity contribution in [3.8, 4) is 5.75 Å². The molecule has 0 bridgehead atoms. The minimum absolute atomic E-state index is 0. The molecular formula is C40H66N2O8. The van der Waals surface area contributed by atoms with Gasteiger partial charge in [-0.15, -0.1) is 6.58 Å². The van der Waals surface area contributed by atoms with Gasteiger partial charge in [0.1, 0.15) is 18.5 Å². The second kappa shape index (κ2) is 24.4. The predicted molar refractivity (Wildman–Crippen MR) is 203 cm³/mol. The number of ether oxygens (including phenoxy) is 2. The van der Waals surface area contributed by atoms with Crippen LogP contribution in [0.2, 0.25) is 0 Å². The van der Waals surface area contributed by atoms with Crippen molar-refractivity contribution in [1.82, 2.24) is 10.6 Å². The molecule has 0 saturated heterocycles. The van der Waals surface area contributed by atoms with Crippen LogP contribution >= 0.6 is 0 Å². The molecule has 2 atom stereocenters. The Morgan fingerprint density at radius 3 is 1.90 bits per heavy atom. The Kier molecular flexibility index (Phi) is 21.6. The number of hydrogen-bond donors (Lipinski definition) is 3. The third kappa shape index (κ3) is 15.9. The third-order valence-electron chi connectivity index (χ3n) is 9.48. The van der Waals surface area contributed by atoms with E-state index in [2.05, 4.69) is 24.1 Å². The highest BCUT2D eigenvalue weighted by Crippen LogP contribution is 2.35. The van der Waals surface area contributed by atoms with E-state index in [0.717, 1.165) is 56.8 Å². The molecule has 10 nitrogen and oxygen atoms in total. The molecule has 284 valence electrons. The number of aliphatic hydroxyl groups excluding tert-OH is 1. The van der Waals surface area contributed by atoms with Crippen molar-refractivity contribution in [2.24, 2.45) is 17.8 Å². The summed E-state index contributed by atoms with van der Waals surface area (Å²) in [5.41, 5.74) is 1.26. The second-order valence-electron chi connectivity index (χ2n) is 13.5. The number of alkyl carbamates (subject to hydrolysis) is 1. The maximum atomic E-state index is 12.2. The highest BCUT2D eigenvalue weighted by molar-refractivity contribution is 6.08. The Balaban J connectivity index is 0. The van der Waals surface area contributed by atoms with Crippen molar-refractivity contribution in [1.29, 1.82) is 0 Å². The van der Waals surface area contributed by atoms with Gasteiger partial charge in [0.25, 0.3) is 0 Å². The Morgan fingerprint density at radius 2 is 1.38 bits per heavy atom. The Hall–Kier alpha value is -3.73. The molecule has 2 unspecified atom stereocenters. The van der Waals surface area contributed by atoms with Crippen molar-refractivity contribution in [3.05, 3.63) is 78.4 Å². The van der Waals surface area contributed by atoms with E-state index in [9.17, 15) is 19.5 Å². The van der Waals surface area contributed by atoms with Gasteiger partial charge >= 0.3 is 6.09 Å². The largest absolute Gasteiger partial charge is 0.491 e. The maximum Gasteiger partial charge on any atom is 0.407 e. The molecule has 50 heavy (non-hydrogen) atoms. The first kappa shape index (κ1) is 44.3. The number of rotatable bonds is 15. The molecule has 2 aliphatic rings. The van der Waals surface area contributed by atoms with Crippen molar-refractivity contribution >= 4 is 17.8 Å². The molecule has 2 aliphatic carbocycles. The number of carbonyl (C=O) groups excluding carboxylic acids is 3. The Morgan fingerprint density at radius 1 is 0.840 bits per heavy atom. The molecule has 2 fully saturated rings. The van der Waals surface area contributed by atoms with Crippen LogP contribution in [0.1, 0.15) is 117 Å². The summed E-state index contributed by atoms with van der Waals surface area (Å²) < 4.78 is 10.5. The lowest BCUT2D eigenvalue weighted by Crippen LogP contribution is -2.40. The van der Waals surface area contributed by atoms with E-state index >= 15 is 0 Å². The van der Waals surface area contributed by atoms with Crippen LogP contribution in [-0.2, 0) is 9.53 Å². The van der Waals surface area contributed by atoms with Gasteiger partial charge in [-0.2, -0.15) is 0 Å². The molecule has 0 aliphatic heterocycles. The number of carbonyl (C=O) groups is 3. The fourth-order valence-corrected chi connectivity index (χ4v) is 6.58. The minimum atomic E-state index is -0.694. The molecule has 2 aromatic rings. The lowest BCUT2D eigenvalue weighted by Gasteiger charge is -2.34. The third-order valence-corrected chi connectivity index (χ3v) is 9.48. The molecule has 4 rings (SSSR count). The number of nitrogens with one attached hydrogen (secondary N) is 2. The summed E-state index contributed by atoms with van der Waals surface area (Å²) >= 11 is 0. The Labute approximate surface area is 302 Å². The highest BCUT2D eigenvalue weighted by atomic mass is 16.5. The standard InChI is InChI=1S/C23H42N2O3.C17H16O3.2H2O.2H2/c1-4-6-17(3)22(26)24-20-11-7-18(8-12-20)16-19-9-13-21(14-10-19)25-23(27)28-15-5-2;1-2-15(18)12-20-16-10-8-14(9-11-16)17(19)13-6-4-3-5-7-13;;;;/h17-21H,4-16H2,1-3H3,(H,24,26)(H,25,27);2-11,15,18H,1,12H2;2*1H2;2*1H. The molecule has 2 aromatic carbocycles. The van der Waals surface area contributed by atoms with Gasteiger partial charge in [-0.1, -0.05) is 63.6 Å². The van der Waals surface area contributed by atoms with Crippen molar-refractivity contribution < 1.29 is 42.8 Å². The van der Waals surface area contributed by atoms with E-state index in [0.29, 0.717) is 29.5 Å². The molecule has 0 spiro atoms.